The van der Waals surface area contributed by atoms with E-state index >= 15 is 0 Å². The lowest BCUT2D eigenvalue weighted by Crippen LogP contribution is -2.60. The van der Waals surface area contributed by atoms with E-state index in [0.717, 1.165) is 27.9 Å². The fourth-order valence-electron chi connectivity index (χ4n) is 3.61. The smallest absolute Gasteiger partial charge is 0.254 e. The van der Waals surface area contributed by atoms with E-state index in [1.807, 2.05) is 42.3 Å². The minimum Gasteiger partial charge on any atom is -0.388 e. The van der Waals surface area contributed by atoms with Gasteiger partial charge >= 0.3 is 0 Å². The van der Waals surface area contributed by atoms with Gasteiger partial charge in [0.15, 0.2) is 0 Å². The van der Waals surface area contributed by atoms with Gasteiger partial charge in [0.05, 0.1) is 6.04 Å². The number of carbonyl (C=O) groups is 2. The molecular formula is C21H21N3O2. The van der Waals surface area contributed by atoms with Gasteiger partial charge in [0, 0.05) is 37.9 Å². The lowest BCUT2D eigenvalue weighted by atomic mass is 10.00. The van der Waals surface area contributed by atoms with E-state index in [0.29, 0.717) is 19.6 Å². The van der Waals surface area contributed by atoms with Gasteiger partial charge in [0.2, 0.25) is 5.91 Å². The van der Waals surface area contributed by atoms with Crippen LogP contribution in [0.3, 0.4) is 0 Å². The molecule has 132 valence electrons. The molecular weight excluding hydrogens is 326 g/mol. The van der Waals surface area contributed by atoms with Gasteiger partial charge in [-0.15, -0.1) is 0 Å². The summed E-state index contributed by atoms with van der Waals surface area (Å²) in [5, 5.41) is 3.14. The zero-order valence-corrected chi connectivity index (χ0v) is 14.7. The van der Waals surface area contributed by atoms with Crippen molar-refractivity contribution in [2.45, 2.75) is 12.6 Å². The first-order valence-corrected chi connectivity index (χ1v) is 8.74. The average Bonchev–Trinajstić information content (AvgIpc) is 2.96. The summed E-state index contributed by atoms with van der Waals surface area (Å²) in [6.45, 7) is 5.29. The molecule has 2 aromatic carbocycles. The maximum Gasteiger partial charge on any atom is 0.254 e. The highest BCUT2D eigenvalue weighted by Crippen LogP contribution is 2.32. The Bertz CT molecular complexity index is 900. The number of benzene rings is 2. The van der Waals surface area contributed by atoms with Crippen LogP contribution in [-0.2, 0) is 11.3 Å². The monoisotopic (exact) mass is 347 g/mol. The normalized spacial score (nSPS) is 16.3. The lowest BCUT2D eigenvalue weighted by molar-refractivity contribution is -0.132. The molecule has 26 heavy (non-hydrogen) atoms. The minimum absolute atomic E-state index is 0.0577. The van der Waals surface area contributed by atoms with E-state index in [1.165, 1.54) is 6.08 Å². The average molecular weight is 347 g/mol. The van der Waals surface area contributed by atoms with Gasteiger partial charge in [-0.25, -0.2) is 0 Å². The molecule has 1 fully saturated rings. The van der Waals surface area contributed by atoms with E-state index in [4.69, 9.17) is 0 Å². The van der Waals surface area contributed by atoms with Gasteiger partial charge in [-0.05, 0) is 41.0 Å². The van der Waals surface area contributed by atoms with E-state index in [1.54, 1.807) is 4.90 Å². The second kappa shape index (κ2) is 6.33. The summed E-state index contributed by atoms with van der Waals surface area (Å²) in [5.41, 5.74) is 4.98. The molecule has 1 saturated heterocycles. The van der Waals surface area contributed by atoms with E-state index < -0.39 is 0 Å². The first-order chi connectivity index (χ1) is 12.6. The summed E-state index contributed by atoms with van der Waals surface area (Å²) in [6.07, 6.45) is 1.32. The maximum atomic E-state index is 12.9. The number of rotatable bonds is 4. The summed E-state index contributed by atoms with van der Waals surface area (Å²) in [5.74, 6) is -0.0144. The number of likely N-dealkylation sites (tertiary alicyclic amines) is 1. The fourth-order valence-corrected chi connectivity index (χ4v) is 3.61. The highest BCUT2D eigenvalue weighted by Gasteiger charge is 2.40. The van der Waals surface area contributed by atoms with Crippen LogP contribution in [0.1, 0.15) is 15.9 Å². The van der Waals surface area contributed by atoms with Crippen LogP contribution in [0.15, 0.2) is 55.1 Å². The molecule has 0 radical (unpaired) electrons. The van der Waals surface area contributed by atoms with Crippen LogP contribution >= 0.6 is 0 Å². The molecule has 1 N–H and O–H groups in total. The maximum absolute atomic E-state index is 12.9. The van der Waals surface area contributed by atoms with Crippen LogP contribution < -0.4 is 5.32 Å². The molecule has 4 rings (SSSR count). The number of carbonyl (C=O) groups excluding carboxylic acids is 2. The van der Waals surface area contributed by atoms with Crippen molar-refractivity contribution in [2.24, 2.45) is 0 Å². The van der Waals surface area contributed by atoms with Crippen LogP contribution in [0.2, 0.25) is 0 Å². The summed E-state index contributed by atoms with van der Waals surface area (Å²) in [4.78, 5) is 28.1. The molecule has 0 atom stereocenters. The summed E-state index contributed by atoms with van der Waals surface area (Å²) >= 11 is 0. The molecule has 0 saturated carbocycles. The zero-order valence-electron chi connectivity index (χ0n) is 14.7. The molecule has 2 heterocycles. The Hall–Kier alpha value is -3.08. The van der Waals surface area contributed by atoms with Gasteiger partial charge in [-0.3, -0.25) is 9.59 Å². The molecule has 0 unspecified atom stereocenters. The number of hydrogen-bond donors (Lipinski definition) is 1. The summed E-state index contributed by atoms with van der Waals surface area (Å²) < 4.78 is 0. The van der Waals surface area contributed by atoms with Crippen LogP contribution in [0.4, 0.5) is 5.69 Å². The first-order valence-electron chi connectivity index (χ1n) is 8.74. The molecule has 0 aromatic heterocycles. The summed E-state index contributed by atoms with van der Waals surface area (Å²) in [6, 6.07) is 14.3. The van der Waals surface area contributed by atoms with Crippen LogP contribution in [0.5, 0.6) is 0 Å². The Morgan fingerprint density at radius 2 is 1.96 bits per heavy atom. The topological polar surface area (TPSA) is 52.7 Å². The number of nitrogens with one attached hydrogen (secondary N) is 1. The predicted molar refractivity (Wildman–Crippen MR) is 102 cm³/mol. The van der Waals surface area contributed by atoms with Crippen molar-refractivity contribution in [1.29, 1.82) is 0 Å². The molecule has 5 nitrogen and oxygen atoms in total. The molecule has 2 aliphatic rings. The Balaban J connectivity index is 1.54. The van der Waals surface area contributed by atoms with E-state index in [9.17, 15) is 9.59 Å². The minimum atomic E-state index is -0.0721. The molecule has 5 heteroatoms. The Morgan fingerprint density at radius 3 is 2.69 bits per heavy atom. The quantitative estimate of drug-likeness (QED) is 0.866. The fraction of sp³-hybridized carbons (Fsp3) is 0.238. The van der Waals surface area contributed by atoms with Crippen LogP contribution in [-0.4, -0.2) is 47.8 Å². The van der Waals surface area contributed by atoms with Crippen molar-refractivity contribution in [3.63, 3.8) is 0 Å². The second-order valence-corrected chi connectivity index (χ2v) is 6.74. The van der Waals surface area contributed by atoms with E-state index in [2.05, 4.69) is 24.0 Å². The van der Waals surface area contributed by atoms with Crippen molar-refractivity contribution in [1.82, 2.24) is 9.80 Å². The number of nitrogens with zero attached hydrogens (tertiary/aromatic N) is 2. The van der Waals surface area contributed by atoms with Gasteiger partial charge in [-0.1, -0.05) is 30.8 Å². The van der Waals surface area contributed by atoms with Crippen molar-refractivity contribution >= 4 is 17.5 Å². The largest absolute Gasteiger partial charge is 0.388 e. The molecule has 0 aliphatic carbocycles. The standard InChI is InChI=1S/C21H21N3O2/c1-3-20(25)23-12-18(13-23)24-11-16-8-7-15(10-19(16)21(24)26)14-5-4-6-17(9-14)22-2/h3-10,18,22H,1,11-13H2,2H3. The Morgan fingerprint density at radius 1 is 1.19 bits per heavy atom. The Kier molecular flexibility index (Phi) is 3.99. The molecule has 2 aliphatic heterocycles. The van der Waals surface area contributed by atoms with Gasteiger partial charge in [-0.2, -0.15) is 0 Å². The van der Waals surface area contributed by atoms with Crippen LogP contribution in [0, 0.1) is 0 Å². The van der Waals surface area contributed by atoms with Gasteiger partial charge in [0.1, 0.15) is 0 Å². The molecule has 0 bridgehead atoms. The second-order valence-electron chi connectivity index (χ2n) is 6.74. The summed E-state index contributed by atoms with van der Waals surface area (Å²) in [7, 11) is 1.89. The number of anilines is 1. The van der Waals surface area contributed by atoms with Crippen LogP contribution in [0.25, 0.3) is 11.1 Å². The molecule has 2 aromatic rings. The van der Waals surface area contributed by atoms with Crippen molar-refractivity contribution in [2.75, 3.05) is 25.5 Å². The predicted octanol–water partition coefficient (Wildman–Crippen LogP) is 2.75. The van der Waals surface area contributed by atoms with Crippen molar-refractivity contribution < 1.29 is 9.59 Å². The first kappa shape index (κ1) is 16.4. The number of fused-ring (bicyclic) bond motifs is 1. The zero-order chi connectivity index (χ0) is 18.3. The van der Waals surface area contributed by atoms with Crippen molar-refractivity contribution in [3.8, 4) is 11.1 Å². The highest BCUT2D eigenvalue weighted by molar-refractivity contribution is 6.00. The van der Waals surface area contributed by atoms with E-state index in [-0.39, 0.29) is 17.9 Å². The third-order valence-corrected chi connectivity index (χ3v) is 5.22. The Labute approximate surface area is 152 Å². The number of hydrogen-bond acceptors (Lipinski definition) is 3. The third kappa shape index (κ3) is 2.65. The van der Waals surface area contributed by atoms with Crippen molar-refractivity contribution in [3.05, 3.63) is 66.2 Å². The van der Waals surface area contributed by atoms with Gasteiger partial charge < -0.3 is 15.1 Å². The highest BCUT2D eigenvalue weighted by atomic mass is 16.2. The molecule has 0 spiro atoms. The molecule has 2 amide bonds. The van der Waals surface area contributed by atoms with Gasteiger partial charge in [0.25, 0.3) is 5.91 Å². The number of amides is 2. The lowest BCUT2D eigenvalue weighted by Gasteiger charge is -2.43. The SMILES string of the molecule is C=CC(=O)N1CC(N2Cc3ccc(-c4cccc(NC)c4)cc3C2=O)C1. The third-order valence-electron chi connectivity index (χ3n) is 5.22.